The van der Waals surface area contributed by atoms with Crippen molar-refractivity contribution >= 4 is 17.2 Å². The van der Waals surface area contributed by atoms with E-state index in [2.05, 4.69) is 21.5 Å². The molecule has 2 aliphatic rings. The number of aromatic nitrogens is 1. The number of carbonyl (C=O) groups excluding carboxylic acids is 1. The number of benzene rings is 1. The molecule has 0 bridgehead atoms. The van der Waals surface area contributed by atoms with E-state index in [1.54, 1.807) is 21.9 Å². The number of fused-ring (bicyclic) bond motifs is 1. The summed E-state index contributed by atoms with van der Waals surface area (Å²) < 4.78 is 41.6. The average Bonchev–Trinajstić information content (AvgIpc) is 3.10. The molecule has 1 amide bonds. The molecule has 2 heterocycles. The first-order valence-corrected chi connectivity index (χ1v) is 10.5. The SMILES string of the molecule is CCN1CC2C(C1)C2CN(Cc1cccc(OC(F)(F)F)c1)C(=O)c1cscn1. The zero-order valence-electron chi connectivity index (χ0n) is 15.9. The van der Waals surface area contributed by atoms with Crippen LogP contribution < -0.4 is 4.74 Å². The van der Waals surface area contributed by atoms with Crippen molar-refractivity contribution in [3.8, 4) is 5.75 Å². The number of nitrogens with zero attached hydrogens (tertiary/aromatic N) is 3. The topological polar surface area (TPSA) is 45.7 Å². The van der Waals surface area contributed by atoms with Crippen LogP contribution in [0.2, 0.25) is 0 Å². The lowest BCUT2D eigenvalue weighted by molar-refractivity contribution is -0.274. The molecule has 0 radical (unpaired) electrons. The van der Waals surface area contributed by atoms with Gasteiger partial charge >= 0.3 is 6.36 Å². The van der Waals surface area contributed by atoms with Crippen molar-refractivity contribution in [3.63, 3.8) is 0 Å². The Morgan fingerprint density at radius 3 is 2.72 bits per heavy atom. The average molecular weight is 425 g/mol. The lowest BCUT2D eigenvalue weighted by Gasteiger charge is -2.25. The van der Waals surface area contributed by atoms with Crippen molar-refractivity contribution in [2.75, 3.05) is 26.2 Å². The predicted octanol–water partition coefficient (Wildman–Crippen LogP) is 3.88. The second kappa shape index (κ2) is 7.95. The summed E-state index contributed by atoms with van der Waals surface area (Å²) in [6, 6.07) is 5.81. The van der Waals surface area contributed by atoms with E-state index in [9.17, 15) is 18.0 Å². The molecule has 2 fully saturated rings. The number of thiazole rings is 1. The molecule has 1 aromatic carbocycles. The van der Waals surface area contributed by atoms with Gasteiger partial charge in [-0.3, -0.25) is 4.79 Å². The minimum Gasteiger partial charge on any atom is -0.406 e. The van der Waals surface area contributed by atoms with E-state index in [0.717, 1.165) is 19.6 Å². The van der Waals surface area contributed by atoms with Crippen LogP contribution in [0.15, 0.2) is 35.2 Å². The molecule has 4 rings (SSSR count). The number of carbonyl (C=O) groups is 1. The molecular weight excluding hydrogens is 403 g/mol. The number of piperidine rings is 1. The zero-order valence-corrected chi connectivity index (χ0v) is 16.7. The van der Waals surface area contributed by atoms with Gasteiger partial charge in [-0.1, -0.05) is 19.1 Å². The Labute approximate surface area is 171 Å². The number of ether oxygens (including phenoxy) is 1. The Hall–Kier alpha value is -2.13. The second-order valence-electron chi connectivity index (χ2n) is 7.60. The van der Waals surface area contributed by atoms with Crippen molar-refractivity contribution in [3.05, 3.63) is 46.4 Å². The molecule has 9 heteroatoms. The van der Waals surface area contributed by atoms with Crippen LogP contribution >= 0.6 is 11.3 Å². The third-order valence-corrected chi connectivity index (χ3v) is 6.36. The number of amides is 1. The fourth-order valence-electron chi connectivity index (χ4n) is 4.28. The molecule has 0 spiro atoms. The van der Waals surface area contributed by atoms with Crippen LogP contribution in [0.5, 0.6) is 5.75 Å². The highest BCUT2D eigenvalue weighted by Crippen LogP contribution is 2.52. The van der Waals surface area contributed by atoms with Gasteiger partial charge < -0.3 is 14.5 Å². The van der Waals surface area contributed by atoms with E-state index in [1.165, 1.54) is 29.5 Å². The van der Waals surface area contributed by atoms with E-state index in [1.807, 2.05) is 0 Å². The van der Waals surface area contributed by atoms with Crippen molar-refractivity contribution < 1.29 is 22.7 Å². The maximum Gasteiger partial charge on any atom is 0.573 e. The molecule has 1 aromatic heterocycles. The zero-order chi connectivity index (χ0) is 20.6. The van der Waals surface area contributed by atoms with Crippen LogP contribution in [0.3, 0.4) is 0 Å². The van der Waals surface area contributed by atoms with Crippen LogP contribution in [0.25, 0.3) is 0 Å². The maximum atomic E-state index is 13.0. The molecular formula is C20H22F3N3O2S. The fraction of sp³-hybridized carbons (Fsp3) is 0.500. The highest BCUT2D eigenvalue weighted by Gasteiger charge is 2.55. The third kappa shape index (κ3) is 4.72. The van der Waals surface area contributed by atoms with Gasteiger partial charge in [0.15, 0.2) is 0 Å². The van der Waals surface area contributed by atoms with E-state index in [0.29, 0.717) is 35.6 Å². The van der Waals surface area contributed by atoms with E-state index >= 15 is 0 Å². The summed E-state index contributed by atoms with van der Waals surface area (Å²) in [5.41, 5.74) is 2.57. The molecule has 2 unspecified atom stereocenters. The van der Waals surface area contributed by atoms with Gasteiger partial charge in [0.25, 0.3) is 5.91 Å². The summed E-state index contributed by atoms with van der Waals surface area (Å²) in [4.78, 5) is 21.2. The Morgan fingerprint density at radius 2 is 2.10 bits per heavy atom. The van der Waals surface area contributed by atoms with Gasteiger partial charge in [-0.05, 0) is 42.0 Å². The molecule has 1 saturated carbocycles. The lowest BCUT2D eigenvalue weighted by Crippen LogP contribution is -2.35. The highest BCUT2D eigenvalue weighted by molar-refractivity contribution is 7.07. The first kappa shape index (κ1) is 20.2. The standard InChI is InChI=1S/C20H22F3N3O2S/c1-2-25-8-15-16(9-25)17(15)10-26(19(27)18-11-29-12-24-18)7-13-4-3-5-14(6-13)28-20(21,22)23/h3-6,11-12,15-17H,2,7-10H2,1H3. The van der Waals surface area contributed by atoms with Gasteiger partial charge in [-0.25, -0.2) is 4.98 Å². The minimum atomic E-state index is -4.74. The van der Waals surface area contributed by atoms with Crippen LogP contribution in [0, 0.1) is 17.8 Å². The van der Waals surface area contributed by atoms with Crippen molar-refractivity contribution in [2.24, 2.45) is 17.8 Å². The molecule has 0 N–H and O–H groups in total. The Morgan fingerprint density at radius 1 is 1.34 bits per heavy atom. The van der Waals surface area contributed by atoms with Crippen molar-refractivity contribution in [1.29, 1.82) is 0 Å². The van der Waals surface area contributed by atoms with Gasteiger partial charge in [0.2, 0.25) is 0 Å². The molecule has 1 aliphatic carbocycles. The molecule has 156 valence electrons. The van der Waals surface area contributed by atoms with Crippen LogP contribution in [-0.2, 0) is 6.54 Å². The van der Waals surface area contributed by atoms with Gasteiger partial charge in [-0.2, -0.15) is 0 Å². The van der Waals surface area contributed by atoms with Gasteiger partial charge in [0.05, 0.1) is 5.51 Å². The van der Waals surface area contributed by atoms with Crippen LogP contribution in [0.1, 0.15) is 23.0 Å². The highest BCUT2D eigenvalue weighted by atomic mass is 32.1. The second-order valence-corrected chi connectivity index (χ2v) is 8.32. The minimum absolute atomic E-state index is 0.189. The summed E-state index contributed by atoms with van der Waals surface area (Å²) in [6.45, 7) is 6.10. The number of hydrogen-bond acceptors (Lipinski definition) is 5. The van der Waals surface area contributed by atoms with E-state index in [4.69, 9.17) is 0 Å². The van der Waals surface area contributed by atoms with Crippen LogP contribution in [0.4, 0.5) is 13.2 Å². The van der Waals surface area contributed by atoms with Crippen LogP contribution in [-0.4, -0.2) is 53.2 Å². The first-order valence-electron chi connectivity index (χ1n) is 9.58. The number of hydrogen-bond donors (Lipinski definition) is 0. The molecule has 2 aromatic rings. The lowest BCUT2D eigenvalue weighted by atomic mass is 10.1. The summed E-state index contributed by atoms with van der Waals surface area (Å²) in [6.07, 6.45) is -4.74. The summed E-state index contributed by atoms with van der Waals surface area (Å²) in [5, 5.41) is 1.70. The van der Waals surface area contributed by atoms with Crippen molar-refractivity contribution in [1.82, 2.24) is 14.8 Å². The normalized spacial score (nSPS) is 23.7. The van der Waals surface area contributed by atoms with Gasteiger partial charge in [-0.15, -0.1) is 24.5 Å². The molecule has 1 aliphatic heterocycles. The molecule has 2 atom stereocenters. The number of halogens is 3. The summed E-state index contributed by atoms with van der Waals surface area (Å²) >= 11 is 1.34. The summed E-state index contributed by atoms with van der Waals surface area (Å²) in [5.74, 6) is 1.17. The molecule has 5 nitrogen and oxygen atoms in total. The molecule has 29 heavy (non-hydrogen) atoms. The monoisotopic (exact) mass is 425 g/mol. The first-order chi connectivity index (χ1) is 13.8. The quantitative estimate of drug-likeness (QED) is 0.676. The van der Waals surface area contributed by atoms with Gasteiger partial charge in [0, 0.05) is 31.6 Å². The van der Waals surface area contributed by atoms with Gasteiger partial charge in [0.1, 0.15) is 11.4 Å². The number of rotatable bonds is 7. The largest absolute Gasteiger partial charge is 0.573 e. The Balaban J connectivity index is 1.48. The number of alkyl halides is 3. The van der Waals surface area contributed by atoms with E-state index in [-0.39, 0.29) is 18.2 Å². The van der Waals surface area contributed by atoms with E-state index < -0.39 is 6.36 Å². The maximum absolute atomic E-state index is 13.0. The van der Waals surface area contributed by atoms with Crippen molar-refractivity contribution in [2.45, 2.75) is 19.8 Å². The predicted molar refractivity (Wildman–Crippen MR) is 103 cm³/mol. The number of likely N-dealkylation sites (tertiary alicyclic amines) is 1. The smallest absolute Gasteiger partial charge is 0.406 e. The molecule has 1 saturated heterocycles. The third-order valence-electron chi connectivity index (χ3n) is 5.77. The Kier molecular flexibility index (Phi) is 5.52. The Bertz CT molecular complexity index is 847. The summed E-state index contributed by atoms with van der Waals surface area (Å²) in [7, 11) is 0. The fourth-order valence-corrected chi connectivity index (χ4v) is 4.81.